The average molecular weight is 495 g/mol. The van der Waals surface area contributed by atoms with Crippen LogP contribution in [-0.2, 0) is 4.79 Å². The summed E-state index contributed by atoms with van der Waals surface area (Å²) in [6.45, 7) is 4.05. The van der Waals surface area contributed by atoms with Crippen LogP contribution in [0.5, 0.6) is 5.75 Å². The van der Waals surface area contributed by atoms with Gasteiger partial charge in [0.1, 0.15) is 12.4 Å². The lowest BCUT2D eigenvalue weighted by atomic mass is 10.00. The summed E-state index contributed by atoms with van der Waals surface area (Å²) in [4.78, 5) is 26.8. The Morgan fingerprint density at radius 3 is 2.36 bits per heavy atom. The molecular formula is C20H20ClF5N4O3. The second kappa shape index (κ2) is 10.6. The molecule has 13 heteroatoms. The standard InChI is InChI=1S/C20H20ClF5N4O3/c1-9-4-12(14-6-13(21)5-10(2)17(14)33-8-15(22)23)7-27-16(9)11(3)28-19(32)30-29-18(31)20(24,25)26/h4-7,11,15H,8H2,1-3H3,(H,29,31)(H2,28,30,32)/t11-/m1/s1. The van der Waals surface area contributed by atoms with Gasteiger partial charge >= 0.3 is 18.1 Å². The number of aromatic nitrogens is 1. The van der Waals surface area contributed by atoms with Crippen molar-refractivity contribution in [3.63, 3.8) is 0 Å². The number of rotatable bonds is 6. The number of nitrogens with one attached hydrogen (secondary N) is 3. The van der Waals surface area contributed by atoms with E-state index in [1.807, 2.05) is 0 Å². The van der Waals surface area contributed by atoms with Crippen LogP contribution >= 0.6 is 11.6 Å². The summed E-state index contributed by atoms with van der Waals surface area (Å²) in [7, 11) is 0. The van der Waals surface area contributed by atoms with Crippen molar-refractivity contribution in [3.05, 3.63) is 46.2 Å². The molecule has 0 radical (unpaired) electrons. The number of carbonyl (C=O) groups excluding carboxylic acids is 2. The Hall–Kier alpha value is -3.15. The molecule has 0 aliphatic heterocycles. The summed E-state index contributed by atoms with van der Waals surface area (Å²) >= 11 is 6.11. The highest BCUT2D eigenvalue weighted by atomic mass is 35.5. The maximum absolute atomic E-state index is 12.7. The molecule has 7 nitrogen and oxygen atoms in total. The Kier molecular flexibility index (Phi) is 8.42. The highest BCUT2D eigenvalue weighted by molar-refractivity contribution is 6.31. The molecule has 180 valence electrons. The molecule has 3 amide bonds. The van der Waals surface area contributed by atoms with Gasteiger partial charge in [0.25, 0.3) is 6.43 Å². The van der Waals surface area contributed by atoms with Crippen molar-refractivity contribution in [1.29, 1.82) is 0 Å². The zero-order valence-corrected chi connectivity index (χ0v) is 18.4. The van der Waals surface area contributed by atoms with E-state index in [-0.39, 0.29) is 5.75 Å². The normalized spacial score (nSPS) is 12.3. The van der Waals surface area contributed by atoms with Crippen molar-refractivity contribution in [2.24, 2.45) is 0 Å². The van der Waals surface area contributed by atoms with Gasteiger partial charge in [-0.05, 0) is 50.1 Å². The molecule has 0 fully saturated rings. The van der Waals surface area contributed by atoms with Gasteiger partial charge in [-0.25, -0.2) is 19.0 Å². The number of aryl methyl sites for hydroxylation is 2. The van der Waals surface area contributed by atoms with Gasteiger partial charge in [0.05, 0.1) is 11.7 Å². The first-order valence-corrected chi connectivity index (χ1v) is 9.79. The minimum atomic E-state index is -5.15. The highest BCUT2D eigenvalue weighted by Gasteiger charge is 2.39. The summed E-state index contributed by atoms with van der Waals surface area (Å²) in [6, 6.07) is 2.95. The van der Waals surface area contributed by atoms with Crippen LogP contribution in [0.2, 0.25) is 5.02 Å². The average Bonchev–Trinajstić information content (AvgIpc) is 2.69. The van der Waals surface area contributed by atoms with E-state index in [4.69, 9.17) is 16.3 Å². The predicted octanol–water partition coefficient (Wildman–Crippen LogP) is 4.62. The third-order valence-electron chi connectivity index (χ3n) is 4.33. The van der Waals surface area contributed by atoms with Gasteiger partial charge in [-0.1, -0.05) is 11.6 Å². The fourth-order valence-corrected chi connectivity index (χ4v) is 3.23. The second-order valence-electron chi connectivity index (χ2n) is 7.00. The third kappa shape index (κ3) is 7.17. The Morgan fingerprint density at radius 2 is 1.79 bits per heavy atom. The van der Waals surface area contributed by atoms with Gasteiger partial charge in [0, 0.05) is 22.3 Å². The lowest BCUT2D eigenvalue weighted by molar-refractivity contribution is -0.174. The Balaban J connectivity index is 2.20. The molecule has 3 N–H and O–H groups in total. The van der Waals surface area contributed by atoms with E-state index in [2.05, 4.69) is 10.3 Å². The Labute approximate surface area is 190 Å². The minimum absolute atomic E-state index is 0.222. The maximum Gasteiger partial charge on any atom is 0.472 e. The summed E-state index contributed by atoms with van der Waals surface area (Å²) in [5.74, 6) is -2.11. The van der Waals surface area contributed by atoms with Gasteiger partial charge < -0.3 is 10.1 Å². The number of hydrazine groups is 1. The van der Waals surface area contributed by atoms with Crippen LogP contribution in [0.3, 0.4) is 0 Å². The molecule has 33 heavy (non-hydrogen) atoms. The van der Waals surface area contributed by atoms with E-state index in [1.54, 1.807) is 37.5 Å². The van der Waals surface area contributed by atoms with Crippen LogP contribution in [0.4, 0.5) is 26.7 Å². The molecule has 0 aliphatic rings. The van der Waals surface area contributed by atoms with E-state index in [0.29, 0.717) is 33.0 Å². The monoisotopic (exact) mass is 494 g/mol. The topological polar surface area (TPSA) is 92.3 Å². The van der Waals surface area contributed by atoms with Crippen LogP contribution in [-0.4, -0.2) is 36.1 Å². The predicted molar refractivity (Wildman–Crippen MR) is 110 cm³/mol. The van der Waals surface area contributed by atoms with Crippen LogP contribution in [0.15, 0.2) is 24.4 Å². The molecule has 0 spiro atoms. The summed E-state index contributed by atoms with van der Waals surface area (Å²) in [6.07, 6.45) is -6.40. The smallest absolute Gasteiger partial charge is 0.472 e. The fourth-order valence-electron chi connectivity index (χ4n) is 2.95. The van der Waals surface area contributed by atoms with Crippen LogP contribution in [0, 0.1) is 13.8 Å². The number of carbonyl (C=O) groups is 2. The van der Waals surface area contributed by atoms with Gasteiger partial charge in [-0.3, -0.25) is 15.2 Å². The molecule has 0 aliphatic carbocycles. The second-order valence-corrected chi connectivity index (χ2v) is 7.44. The van der Waals surface area contributed by atoms with E-state index in [9.17, 15) is 31.5 Å². The van der Waals surface area contributed by atoms with Crippen molar-refractivity contribution >= 4 is 23.5 Å². The molecule has 1 atom stereocenters. The molecule has 0 saturated heterocycles. The first-order valence-electron chi connectivity index (χ1n) is 9.41. The molecular weight excluding hydrogens is 475 g/mol. The lowest BCUT2D eigenvalue weighted by Gasteiger charge is -2.19. The van der Waals surface area contributed by atoms with Crippen molar-refractivity contribution < 1.29 is 36.3 Å². The Morgan fingerprint density at radius 1 is 1.12 bits per heavy atom. The maximum atomic E-state index is 12.7. The SMILES string of the molecule is Cc1cc(-c2cc(Cl)cc(C)c2OCC(F)F)cnc1[C@@H](C)NC(=O)NNC(=O)C(F)(F)F. The molecule has 0 saturated carbocycles. The van der Waals surface area contributed by atoms with Crippen LogP contribution in [0.1, 0.15) is 29.8 Å². The zero-order chi connectivity index (χ0) is 24.9. The number of halogens is 6. The Bertz CT molecular complexity index is 1030. The molecule has 1 heterocycles. The molecule has 2 aromatic rings. The number of amides is 3. The fraction of sp³-hybridized carbons (Fsp3) is 0.350. The number of ether oxygens (including phenoxy) is 1. The van der Waals surface area contributed by atoms with E-state index >= 15 is 0 Å². The van der Waals surface area contributed by atoms with E-state index in [0.717, 1.165) is 0 Å². The summed E-state index contributed by atoms with van der Waals surface area (Å²) < 4.78 is 67.1. The van der Waals surface area contributed by atoms with Crippen molar-refractivity contribution in [2.45, 2.75) is 39.4 Å². The van der Waals surface area contributed by atoms with Crippen molar-refractivity contribution in [2.75, 3.05) is 6.61 Å². The number of hydrogen-bond donors (Lipinski definition) is 3. The largest absolute Gasteiger partial charge is 0.487 e. The molecule has 0 unspecified atom stereocenters. The minimum Gasteiger partial charge on any atom is -0.487 e. The van der Waals surface area contributed by atoms with Crippen LogP contribution < -0.4 is 20.9 Å². The molecule has 2 rings (SSSR count). The lowest BCUT2D eigenvalue weighted by Crippen LogP contribution is -2.51. The van der Waals surface area contributed by atoms with Gasteiger partial charge in [-0.15, -0.1) is 0 Å². The van der Waals surface area contributed by atoms with Crippen LogP contribution in [0.25, 0.3) is 11.1 Å². The number of alkyl halides is 5. The highest BCUT2D eigenvalue weighted by Crippen LogP contribution is 2.36. The molecule has 1 aromatic heterocycles. The summed E-state index contributed by atoms with van der Waals surface area (Å²) in [5.41, 5.74) is 5.30. The zero-order valence-electron chi connectivity index (χ0n) is 17.6. The quantitative estimate of drug-likeness (QED) is 0.404. The first kappa shape index (κ1) is 26.1. The third-order valence-corrected chi connectivity index (χ3v) is 4.55. The first-order chi connectivity index (χ1) is 15.3. The van der Waals surface area contributed by atoms with Crippen molar-refractivity contribution in [1.82, 2.24) is 21.2 Å². The number of pyridine rings is 1. The van der Waals surface area contributed by atoms with E-state index in [1.165, 1.54) is 18.5 Å². The number of nitrogens with zero attached hydrogens (tertiary/aromatic N) is 1. The number of urea groups is 1. The van der Waals surface area contributed by atoms with E-state index < -0.39 is 37.2 Å². The number of hydrogen-bond acceptors (Lipinski definition) is 4. The van der Waals surface area contributed by atoms with Gasteiger partial charge in [0.15, 0.2) is 0 Å². The molecule has 0 bridgehead atoms. The molecule has 1 aromatic carbocycles. The van der Waals surface area contributed by atoms with Crippen molar-refractivity contribution in [3.8, 4) is 16.9 Å². The van der Waals surface area contributed by atoms with Gasteiger partial charge in [0.2, 0.25) is 0 Å². The number of benzene rings is 1. The van der Waals surface area contributed by atoms with Gasteiger partial charge in [-0.2, -0.15) is 13.2 Å². The summed E-state index contributed by atoms with van der Waals surface area (Å²) in [5, 5.41) is 2.70.